The Bertz CT molecular complexity index is 368. The van der Waals surface area contributed by atoms with Crippen LogP contribution in [0.15, 0.2) is 0 Å². The Balaban J connectivity index is 2.55. The Morgan fingerprint density at radius 3 is 2.59 bits per heavy atom. The second-order valence-corrected chi connectivity index (χ2v) is 3.72. The van der Waals surface area contributed by atoms with Crippen LogP contribution in [0.2, 0.25) is 0 Å². The first-order valence-electron chi connectivity index (χ1n) is 5.01. The van der Waals surface area contributed by atoms with Gasteiger partial charge < -0.3 is 21.5 Å². The van der Waals surface area contributed by atoms with Gasteiger partial charge in [-0.05, 0) is 6.42 Å². The minimum absolute atomic E-state index is 0.234. The van der Waals surface area contributed by atoms with Crippen LogP contribution in [-0.2, 0) is 19.2 Å². The third-order valence-electron chi connectivity index (χ3n) is 2.35. The van der Waals surface area contributed by atoms with E-state index in [1.807, 2.05) is 0 Å². The van der Waals surface area contributed by atoms with E-state index in [2.05, 4.69) is 10.6 Å². The molecule has 0 radical (unpaired) electrons. The summed E-state index contributed by atoms with van der Waals surface area (Å²) in [6, 6.07) is -1.99. The number of carboxylic acid groups (broad SMARTS) is 1. The Morgan fingerprint density at radius 2 is 2.18 bits per heavy atom. The summed E-state index contributed by atoms with van der Waals surface area (Å²) in [5.41, 5.74) is 4.95. The smallest absolute Gasteiger partial charge is 0.305 e. The number of nitrogens with two attached hydrogens (primary N) is 1. The summed E-state index contributed by atoms with van der Waals surface area (Å²) in [4.78, 5) is 43.8. The zero-order chi connectivity index (χ0) is 13.0. The van der Waals surface area contributed by atoms with E-state index >= 15 is 0 Å². The van der Waals surface area contributed by atoms with Gasteiger partial charge in [-0.15, -0.1) is 0 Å². The lowest BCUT2D eigenvalue weighted by molar-refractivity contribution is -0.140. The fraction of sp³-hybridized carbons (Fsp3) is 0.556. The Kier molecular flexibility index (Phi) is 4.02. The topological polar surface area (TPSA) is 139 Å². The van der Waals surface area contributed by atoms with Gasteiger partial charge in [0.2, 0.25) is 17.7 Å². The molecule has 0 aromatic carbocycles. The van der Waals surface area contributed by atoms with E-state index in [-0.39, 0.29) is 12.3 Å². The molecule has 1 saturated heterocycles. The molecule has 2 atom stereocenters. The molecule has 1 rings (SSSR count). The molecule has 94 valence electrons. The van der Waals surface area contributed by atoms with Gasteiger partial charge >= 0.3 is 5.97 Å². The molecular formula is C9H13N3O5. The summed E-state index contributed by atoms with van der Waals surface area (Å²) < 4.78 is 0. The van der Waals surface area contributed by atoms with Gasteiger partial charge in [0.15, 0.2) is 0 Å². The number of hydrogen-bond donors (Lipinski definition) is 4. The summed E-state index contributed by atoms with van der Waals surface area (Å²) >= 11 is 0. The molecule has 1 aliphatic heterocycles. The number of aliphatic carboxylic acids is 1. The average Bonchev–Trinajstić information content (AvgIpc) is 2.63. The van der Waals surface area contributed by atoms with E-state index in [0.29, 0.717) is 6.42 Å². The summed E-state index contributed by atoms with van der Waals surface area (Å²) in [7, 11) is 0. The molecule has 1 fully saturated rings. The quantitative estimate of drug-likeness (QED) is 0.430. The van der Waals surface area contributed by atoms with Gasteiger partial charge in [-0.1, -0.05) is 0 Å². The fourth-order valence-corrected chi connectivity index (χ4v) is 1.48. The van der Waals surface area contributed by atoms with Crippen molar-refractivity contribution in [3.8, 4) is 0 Å². The van der Waals surface area contributed by atoms with Crippen LogP contribution in [0.1, 0.15) is 19.3 Å². The molecule has 0 aliphatic carbocycles. The molecule has 5 N–H and O–H groups in total. The number of hydrogen-bond acceptors (Lipinski definition) is 4. The molecule has 0 saturated carbocycles. The molecule has 0 bridgehead atoms. The van der Waals surface area contributed by atoms with Crippen LogP contribution in [0.4, 0.5) is 0 Å². The predicted molar refractivity (Wildman–Crippen MR) is 54.5 cm³/mol. The first kappa shape index (κ1) is 12.9. The van der Waals surface area contributed by atoms with E-state index in [1.54, 1.807) is 0 Å². The highest BCUT2D eigenvalue weighted by molar-refractivity contribution is 5.94. The van der Waals surface area contributed by atoms with Gasteiger partial charge in [-0.25, -0.2) is 0 Å². The fourth-order valence-electron chi connectivity index (χ4n) is 1.48. The monoisotopic (exact) mass is 243 g/mol. The van der Waals surface area contributed by atoms with Gasteiger partial charge in [-0.2, -0.15) is 0 Å². The van der Waals surface area contributed by atoms with E-state index < -0.39 is 36.3 Å². The molecular weight excluding hydrogens is 230 g/mol. The molecule has 0 aromatic heterocycles. The van der Waals surface area contributed by atoms with Crippen LogP contribution in [0.5, 0.6) is 0 Å². The van der Waals surface area contributed by atoms with Gasteiger partial charge in [0.1, 0.15) is 12.1 Å². The normalized spacial score (nSPS) is 20.5. The zero-order valence-electron chi connectivity index (χ0n) is 8.93. The molecule has 0 unspecified atom stereocenters. The van der Waals surface area contributed by atoms with Crippen molar-refractivity contribution >= 4 is 23.7 Å². The Hall–Kier alpha value is -2.12. The van der Waals surface area contributed by atoms with Crippen molar-refractivity contribution < 1.29 is 24.3 Å². The summed E-state index contributed by atoms with van der Waals surface area (Å²) in [5, 5.41) is 13.1. The molecule has 1 heterocycles. The van der Waals surface area contributed by atoms with Crippen LogP contribution in [0.3, 0.4) is 0 Å². The number of nitrogens with one attached hydrogen (secondary N) is 2. The largest absolute Gasteiger partial charge is 0.481 e. The van der Waals surface area contributed by atoms with Gasteiger partial charge in [0, 0.05) is 6.42 Å². The maximum Gasteiger partial charge on any atom is 0.305 e. The molecule has 3 amide bonds. The van der Waals surface area contributed by atoms with Gasteiger partial charge in [0.05, 0.1) is 6.42 Å². The number of carbonyl (C=O) groups is 4. The summed E-state index contributed by atoms with van der Waals surface area (Å²) in [6.45, 7) is 0. The third-order valence-corrected chi connectivity index (χ3v) is 2.35. The van der Waals surface area contributed by atoms with Crippen LogP contribution in [-0.4, -0.2) is 40.9 Å². The maximum atomic E-state index is 11.6. The van der Waals surface area contributed by atoms with Crippen molar-refractivity contribution in [1.82, 2.24) is 10.6 Å². The molecule has 1 aliphatic rings. The SMILES string of the molecule is NC(=O)[C@@H](CC(=O)O)NC(=O)[C@@H]1CCC(=O)N1. The molecule has 8 nitrogen and oxygen atoms in total. The molecule has 0 spiro atoms. The van der Waals surface area contributed by atoms with Crippen molar-refractivity contribution in [3.05, 3.63) is 0 Å². The first-order valence-corrected chi connectivity index (χ1v) is 5.01. The van der Waals surface area contributed by atoms with Crippen molar-refractivity contribution in [2.75, 3.05) is 0 Å². The third kappa shape index (κ3) is 3.74. The highest BCUT2D eigenvalue weighted by atomic mass is 16.4. The van der Waals surface area contributed by atoms with Crippen LogP contribution in [0, 0.1) is 0 Å². The van der Waals surface area contributed by atoms with E-state index in [0.717, 1.165) is 0 Å². The van der Waals surface area contributed by atoms with Crippen molar-refractivity contribution in [2.45, 2.75) is 31.3 Å². The number of primary amides is 1. The minimum Gasteiger partial charge on any atom is -0.481 e. The van der Waals surface area contributed by atoms with Crippen molar-refractivity contribution in [1.29, 1.82) is 0 Å². The van der Waals surface area contributed by atoms with Crippen LogP contribution >= 0.6 is 0 Å². The lowest BCUT2D eigenvalue weighted by Gasteiger charge is -2.16. The standard InChI is InChI=1S/C9H13N3O5/c10-8(16)5(3-7(14)15)12-9(17)4-1-2-6(13)11-4/h4-5H,1-3H2,(H2,10,16)(H,11,13)(H,12,17)(H,14,15)/t4-,5+/m0/s1. The van der Waals surface area contributed by atoms with Gasteiger partial charge in [0.25, 0.3) is 0 Å². The van der Waals surface area contributed by atoms with Crippen molar-refractivity contribution in [3.63, 3.8) is 0 Å². The molecule has 8 heteroatoms. The Labute approximate surface area is 96.5 Å². The second kappa shape index (κ2) is 5.28. The lowest BCUT2D eigenvalue weighted by Crippen LogP contribution is -2.51. The molecule has 17 heavy (non-hydrogen) atoms. The zero-order valence-corrected chi connectivity index (χ0v) is 8.93. The number of carbonyl (C=O) groups excluding carboxylic acids is 3. The average molecular weight is 243 g/mol. The number of carboxylic acids is 1. The van der Waals surface area contributed by atoms with Crippen molar-refractivity contribution in [2.24, 2.45) is 5.73 Å². The van der Waals surface area contributed by atoms with Crippen LogP contribution in [0.25, 0.3) is 0 Å². The highest BCUT2D eigenvalue weighted by Crippen LogP contribution is 2.07. The second-order valence-electron chi connectivity index (χ2n) is 3.72. The summed E-state index contributed by atoms with van der Waals surface area (Å²) in [5.74, 6) is -3.02. The number of rotatable bonds is 5. The summed E-state index contributed by atoms with van der Waals surface area (Å²) in [6.07, 6.45) is -0.0246. The van der Waals surface area contributed by atoms with E-state index in [9.17, 15) is 19.2 Å². The lowest BCUT2D eigenvalue weighted by atomic mass is 10.1. The molecule has 0 aromatic rings. The van der Waals surface area contributed by atoms with E-state index in [1.165, 1.54) is 0 Å². The highest BCUT2D eigenvalue weighted by Gasteiger charge is 2.30. The van der Waals surface area contributed by atoms with E-state index in [4.69, 9.17) is 10.8 Å². The first-order chi connectivity index (χ1) is 7.90. The van der Waals surface area contributed by atoms with Gasteiger partial charge in [-0.3, -0.25) is 19.2 Å². The maximum absolute atomic E-state index is 11.6. The number of amides is 3. The van der Waals surface area contributed by atoms with Crippen LogP contribution < -0.4 is 16.4 Å². The predicted octanol–water partition coefficient (Wildman–Crippen LogP) is -2.29. The Morgan fingerprint density at radius 1 is 1.53 bits per heavy atom. The minimum atomic E-state index is -1.27.